The molecule has 2 rings (SSSR count). The van der Waals surface area contributed by atoms with Crippen LogP contribution in [-0.2, 0) is 16.1 Å². The Balaban J connectivity index is 1.90. The molecule has 28 heavy (non-hydrogen) atoms. The van der Waals surface area contributed by atoms with E-state index in [2.05, 4.69) is 5.32 Å². The van der Waals surface area contributed by atoms with Gasteiger partial charge in [0, 0.05) is 11.4 Å². The monoisotopic (exact) mass is 405 g/mol. The van der Waals surface area contributed by atoms with Crippen LogP contribution in [0.15, 0.2) is 41.3 Å². The molecule has 150 valence electrons. The molecule has 1 amide bonds. The van der Waals surface area contributed by atoms with Crippen molar-refractivity contribution in [2.45, 2.75) is 11.4 Å². The number of carbonyl (C=O) groups excluding carboxylic acids is 2. The highest BCUT2D eigenvalue weighted by Crippen LogP contribution is 2.27. The van der Waals surface area contributed by atoms with E-state index in [0.29, 0.717) is 17.2 Å². The second-order valence-corrected chi connectivity index (χ2v) is 6.49. The normalized spacial score (nSPS) is 10.1. The second-order valence-electron chi connectivity index (χ2n) is 5.61. The fourth-order valence-electron chi connectivity index (χ4n) is 2.42. The van der Waals surface area contributed by atoms with E-state index in [1.807, 2.05) is 12.3 Å². The average Bonchev–Trinajstić information content (AvgIpc) is 2.75. The smallest absolute Gasteiger partial charge is 0.342 e. The minimum Gasteiger partial charge on any atom is -0.496 e. The van der Waals surface area contributed by atoms with Gasteiger partial charge in [0.25, 0.3) is 5.91 Å². The molecule has 0 saturated carbocycles. The summed E-state index contributed by atoms with van der Waals surface area (Å²) in [5, 5.41) is 2.69. The third-order valence-electron chi connectivity index (χ3n) is 3.90. The molecule has 7 nitrogen and oxygen atoms in total. The number of amides is 1. The number of hydrogen-bond acceptors (Lipinski definition) is 7. The van der Waals surface area contributed by atoms with E-state index in [1.165, 1.54) is 18.9 Å². The maximum absolute atomic E-state index is 12.2. The van der Waals surface area contributed by atoms with Crippen molar-refractivity contribution in [1.29, 1.82) is 0 Å². The molecule has 2 aromatic rings. The second kappa shape index (κ2) is 10.5. The van der Waals surface area contributed by atoms with Gasteiger partial charge in [-0.05, 0) is 42.2 Å². The molecule has 1 N–H and O–H groups in total. The van der Waals surface area contributed by atoms with Gasteiger partial charge >= 0.3 is 5.97 Å². The van der Waals surface area contributed by atoms with Crippen LogP contribution in [0.3, 0.4) is 0 Å². The number of hydrogen-bond donors (Lipinski definition) is 1. The summed E-state index contributed by atoms with van der Waals surface area (Å²) in [5.41, 5.74) is 1.10. The highest BCUT2D eigenvalue weighted by molar-refractivity contribution is 7.98. The molecule has 0 aliphatic carbocycles. The number of rotatable bonds is 9. The Hall–Kier alpha value is -2.87. The number of carbonyl (C=O) groups is 2. The summed E-state index contributed by atoms with van der Waals surface area (Å²) in [4.78, 5) is 25.2. The Bertz CT molecular complexity index is 839. The minimum absolute atomic E-state index is 0.266. The van der Waals surface area contributed by atoms with Crippen molar-refractivity contribution in [3.05, 3.63) is 47.5 Å². The van der Waals surface area contributed by atoms with Crippen LogP contribution in [0.2, 0.25) is 0 Å². The lowest BCUT2D eigenvalue weighted by molar-refractivity contribution is -0.124. The predicted molar refractivity (Wildman–Crippen MR) is 106 cm³/mol. The van der Waals surface area contributed by atoms with Crippen molar-refractivity contribution in [3.63, 3.8) is 0 Å². The number of thioether (sulfide) groups is 1. The molecule has 0 radical (unpaired) electrons. The number of nitrogens with one attached hydrogen (secondary N) is 1. The lowest BCUT2D eigenvalue weighted by Crippen LogP contribution is -2.28. The van der Waals surface area contributed by atoms with Crippen LogP contribution in [0.1, 0.15) is 15.9 Å². The van der Waals surface area contributed by atoms with E-state index in [1.54, 1.807) is 44.6 Å². The molecular formula is C20H23NO6S. The van der Waals surface area contributed by atoms with Gasteiger partial charge < -0.3 is 24.3 Å². The molecule has 0 aliphatic heterocycles. The molecule has 0 unspecified atom stereocenters. The van der Waals surface area contributed by atoms with Crippen molar-refractivity contribution in [1.82, 2.24) is 5.32 Å². The summed E-state index contributed by atoms with van der Waals surface area (Å²) < 4.78 is 20.7. The Morgan fingerprint density at radius 3 is 2.29 bits per heavy atom. The van der Waals surface area contributed by atoms with E-state index < -0.39 is 11.9 Å². The van der Waals surface area contributed by atoms with Crippen LogP contribution >= 0.6 is 11.8 Å². The molecule has 2 aromatic carbocycles. The van der Waals surface area contributed by atoms with Crippen LogP contribution in [-0.4, -0.2) is 46.1 Å². The predicted octanol–water partition coefficient (Wildman–Crippen LogP) is 2.91. The quantitative estimate of drug-likeness (QED) is 0.507. The fourth-order valence-corrected chi connectivity index (χ4v) is 2.85. The summed E-state index contributed by atoms with van der Waals surface area (Å²) in [6, 6.07) is 10.5. The van der Waals surface area contributed by atoms with E-state index in [0.717, 1.165) is 10.5 Å². The van der Waals surface area contributed by atoms with Gasteiger partial charge in [-0.15, -0.1) is 11.8 Å². The summed E-state index contributed by atoms with van der Waals surface area (Å²) >= 11 is 1.53. The zero-order valence-electron chi connectivity index (χ0n) is 16.2. The summed E-state index contributed by atoms with van der Waals surface area (Å²) in [5.74, 6) is 0.547. The lowest BCUT2D eigenvalue weighted by atomic mass is 10.2. The molecule has 8 heteroatoms. The van der Waals surface area contributed by atoms with Crippen LogP contribution in [0.25, 0.3) is 0 Å². The van der Waals surface area contributed by atoms with E-state index in [4.69, 9.17) is 18.9 Å². The molecule has 0 aromatic heterocycles. The third-order valence-corrected chi connectivity index (χ3v) is 4.63. The van der Waals surface area contributed by atoms with E-state index in [-0.39, 0.29) is 18.7 Å². The van der Waals surface area contributed by atoms with Gasteiger partial charge in [0.15, 0.2) is 18.1 Å². The van der Waals surface area contributed by atoms with Crippen LogP contribution in [0.5, 0.6) is 17.2 Å². The average molecular weight is 405 g/mol. The topological polar surface area (TPSA) is 83.1 Å². The highest BCUT2D eigenvalue weighted by Gasteiger charge is 2.16. The van der Waals surface area contributed by atoms with E-state index in [9.17, 15) is 9.59 Å². The molecule has 0 fully saturated rings. The summed E-state index contributed by atoms with van der Waals surface area (Å²) in [6.45, 7) is -0.123. The Morgan fingerprint density at radius 2 is 1.64 bits per heavy atom. The summed E-state index contributed by atoms with van der Waals surface area (Å²) in [7, 11) is 4.57. The number of ether oxygens (including phenoxy) is 4. The van der Waals surface area contributed by atoms with Crippen LogP contribution in [0.4, 0.5) is 0 Å². The Kier molecular flexibility index (Phi) is 8.01. The number of benzene rings is 2. The standard InChI is InChI=1S/C20H23NO6S/c1-24-16-8-5-13(9-18(16)26-3)11-21-19(22)12-27-20(23)15-7-6-14(28-4)10-17(15)25-2/h5-10H,11-12H2,1-4H3,(H,21,22). The lowest BCUT2D eigenvalue weighted by Gasteiger charge is -2.11. The van der Waals surface area contributed by atoms with E-state index >= 15 is 0 Å². The molecule has 0 spiro atoms. The SMILES string of the molecule is COc1ccc(CNC(=O)COC(=O)c2ccc(SC)cc2OC)cc1OC. The fraction of sp³-hybridized carbons (Fsp3) is 0.300. The zero-order chi connectivity index (χ0) is 20.5. The molecule has 0 aliphatic rings. The number of esters is 1. The molecule has 0 bridgehead atoms. The van der Waals surface area contributed by atoms with Crippen molar-refractivity contribution in [2.75, 3.05) is 34.2 Å². The molecular weight excluding hydrogens is 382 g/mol. The molecule has 0 heterocycles. The van der Waals surface area contributed by atoms with Crippen LogP contribution in [0, 0.1) is 0 Å². The molecule has 0 saturated heterocycles. The highest BCUT2D eigenvalue weighted by atomic mass is 32.2. The first-order valence-electron chi connectivity index (χ1n) is 8.39. The van der Waals surface area contributed by atoms with Gasteiger partial charge in [-0.25, -0.2) is 4.79 Å². The zero-order valence-corrected chi connectivity index (χ0v) is 17.1. The van der Waals surface area contributed by atoms with Gasteiger partial charge in [-0.1, -0.05) is 6.07 Å². The van der Waals surface area contributed by atoms with Gasteiger partial charge in [0.1, 0.15) is 11.3 Å². The van der Waals surface area contributed by atoms with Crippen LogP contribution < -0.4 is 19.5 Å². The maximum atomic E-state index is 12.2. The Morgan fingerprint density at radius 1 is 0.929 bits per heavy atom. The van der Waals surface area contributed by atoms with Gasteiger partial charge in [-0.2, -0.15) is 0 Å². The van der Waals surface area contributed by atoms with Gasteiger partial charge in [0.2, 0.25) is 0 Å². The van der Waals surface area contributed by atoms with Crippen molar-refractivity contribution >= 4 is 23.6 Å². The first kappa shape index (κ1) is 21.4. The largest absolute Gasteiger partial charge is 0.496 e. The van der Waals surface area contributed by atoms with Crippen molar-refractivity contribution in [3.8, 4) is 17.2 Å². The Labute approximate surface area is 168 Å². The minimum atomic E-state index is -0.620. The first-order valence-corrected chi connectivity index (χ1v) is 9.61. The van der Waals surface area contributed by atoms with Gasteiger partial charge in [-0.3, -0.25) is 4.79 Å². The number of methoxy groups -OCH3 is 3. The maximum Gasteiger partial charge on any atom is 0.342 e. The summed E-state index contributed by atoms with van der Waals surface area (Å²) in [6.07, 6.45) is 1.93. The van der Waals surface area contributed by atoms with Crippen molar-refractivity contribution < 1.29 is 28.5 Å². The van der Waals surface area contributed by atoms with Gasteiger partial charge in [0.05, 0.1) is 21.3 Å². The van der Waals surface area contributed by atoms with Crippen molar-refractivity contribution in [2.24, 2.45) is 0 Å². The first-order chi connectivity index (χ1) is 13.5. The third kappa shape index (κ3) is 5.56. The molecule has 0 atom stereocenters.